The van der Waals surface area contributed by atoms with Crippen molar-refractivity contribution >= 4 is 11.9 Å². The second-order valence-corrected chi connectivity index (χ2v) is 7.20. The number of amides is 1. The zero-order valence-electron chi connectivity index (χ0n) is 16.3. The molecule has 0 unspecified atom stereocenters. The first kappa shape index (κ1) is 19.0. The van der Waals surface area contributed by atoms with Crippen molar-refractivity contribution in [1.29, 1.82) is 0 Å². The highest BCUT2D eigenvalue weighted by atomic mass is 16.2. The number of rotatable bonds is 5. The summed E-state index contributed by atoms with van der Waals surface area (Å²) in [5.41, 5.74) is 1.97. The molecule has 0 aromatic carbocycles. The third-order valence-corrected chi connectivity index (χ3v) is 4.93. The molecule has 27 heavy (non-hydrogen) atoms. The number of anilines is 1. The van der Waals surface area contributed by atoms with E-state index in [2.05, 4.69) is 19.9 Å². The maximum Gasteiger partial charge on any atom is 0.255 e. The van der Waals surface area contributed by atoms with Crippen molar-refractivity contribution in [1.82, 2.24) is 24.8 Å². The summed E-state index contributed by atoms with van der Waals surface area (Å²) in [6.45, 7) is 3.79. The summed E-state index contributed by atoms with van der Waals surface area (Å²) >= 11 is 0. The van der Waals surface area contributed by atoms with E-state index in [1.54, 1.807) is 17.2 Å². The second-order valence-electron chi connectivity index (χ2n) is 7.20. The molecule has 3 rings (SSSR count). The SMILES string of the molecule is Cc1ncccc1C(=O)N1CC[C@H](N(C)Cc2cc(=O)[nH]c(N(C)C)n2)C1. The molecular weight excluding hydrogens is 344 g/mol. The Kier molecular flexibility index (Phi) is 5.55. The number of nitrogens with zero attached hydrogens (tertiary/aromatic N) is 5. The van der Waals surface area contributed by atoms with E-state index in [4.69, 9.17) is 0 Å². The van der Waals surface area contributed by atoms with Gasteiger partial charge in [-0.1, -0.05) is 0 Å². The van der Waals surface area contributed by atoms with Gasteiger partial charge in [0.1, 0.15) is 0 Å². The summed E-state index contributed by atoms with van der Waals surface area (Å²) in [4.78, 5) is 41.8. The van der Waals surface area contributed by atoms with Crippen LogP contribution in [0.1, 0.15) is 28.2 Å². The van der Waals surface area contributed by atoms with Crippen LogP contribution in [0, 0.1) is 6.92 Å². The number of H-pyrrole nitrogens is 1. The van der Waals surface area contributed by atoms with E-state index >= 15 is 0 Å². The molecule has 0 saturated carbocycles. The van der Waals surface area contributed by atoms with Gasteiger partial charge in [0.15, 0.2) is 0 Å². The van der Waals surface area contributed by atoms with Gasteiger partial charge in [-0.15, -0.1) is 0 Å². The number of likely N-dealkylation sites (N-methyl/N-ethyl adjacent to an activating group) is 1. The van der Waals surface area contributed by atoms with Crippen LogP contribution in [0.5, 0.6) is 0 Å². The summed E-state index contributed by atoms with van der Waals surface area (Å²) in [6, 6.07) is 5.38. The van der Waals surface area contributed by atoms with Crippen molar-refractivity contribution < 1.29 is 4.79 Å². The lowest BCUT2D eigenvalue weighted by Gasteiger charge is -2.25. The predicted octanol–water partition coefficient (Wildman–Crippen LogP) is 0.886. The minimum Gasteiger partial charge on any atom is -0.348 e. The highest BCUT2D eigenvalue weighted by Crippen LogP contribution is 2.19. The first-order chi connectivity index (χ1) is 12.8. The van der Waals surface area contributed by atoms with Gasteiger partial charge in [-0.2, -0.15) is 0 Å². The first-order valence-corrected chi connectivity index (χ1v) is 9.04. The minimum atomic E-state index is -0.160. The Morgan fingerprint density at radius 3 is 2.85 bits per heavy atom. The summed E-state index contributed by atoms with van der Waals surface area (Å²) in [6.07, 6.45) is 2.59. The van der Waals surface area contributed by atoms with Crippen molar-refractivity contribution in [2.75, 3.05) is 39.1 Å². The van der Waals surface area contributed by atoms with Crippen molar-refractivity contribution in [3.05, 3.63) is 51.7 Å². The number of pyridine rings is 1. The Hall–Kier alpha value is -2.74. The van der Waals surface area contributed by atoms with Crippen LogP contribution in [-0.2, 0) is 6.54 Å². The van der Waals surface area contributed by atoms with E-state index in [0.29, 0.717) is 31.1 Å². The Bertz CT molecular complexity index is 878. The van der Waals surface area contributed by atoms with Gasteiger partial charge >= 0.3 is 0 Å². The topological polar surface area (TPSA) is 85.4 Å². The normalized spacial score (nSPS) is 16.8. The molecule has 0 bridgehead atoms. The molecule has 8 nitrogen and oxygen atoms in total. The molecule has 1 aliphatic rings. The average Bonchev–Trinajstić information content (AvgIpc) is 3.11. The van der Waals surface area contributed by atoms with Gasteiger partial charge in [0.05, 0.1) is 11.3 Å². The summed E-state index contributed by atoms with van der Waals surface area (Å²) in [5.74, 6) is 0.571. The highest BCUT2D eigenvalue weighted by molar-refractivity contribution is 5.95. The average molecular weight is 370 g/mol. The first-order valence-electron chi connectivity index (χ1n) is 9.04. The van der Waals surface area contributed by atoms with Crippen molar-refractivity contribution in [3.63, 3.8) is 0 Å². The summed E-state index contributed by atoms with van der Waals surface area (Å²) < 4.78 is 0. The molecule has 1 atom stereocenters. The van der Waals surface area contributed by atoms with Crippen LogP contribution in [0.4, 0.5) is 5.95 Å². The molecule has 1 aliphatic heterocycles. The number of hydrogen-bond acceptors (Lipinski definition) is 6. The molecule has 144 valence electrons. The van der Waals surface area contributed by atoms with Gasteiger partial charge in [-0.25, -0.2) is 4.98 Å². The van der Waals surface area contributed by atoms with Gasteiger partial charge in [-0.3, -0.25) is 24.5 Å². The molecule has 1 fully saturated rings. The van der Waals surface area contributed by atoms with Crippen LogP contribution < -0.4 is 10.5 Å². The van der Waals surface area contributed by atoms with Crippen LogP contribution in [0.3, 0.4) is 0 Å². The zero-order valence-corrected chi connectivity index (χ0v) is 16.3. The second kappa shape index (κ2) is 7.87. The van der Waals surface area contributed by atoms with E-state index in [1.165, 1.54) is 6.07 Å². The molecule has 0 spiro atoms. The number of likely N-dealkylation sites (tertiary alicyclic amines) is 1. The van der Waals surface area contributed by atoms with E-state index < -0.39 is 0 Å². The fraction of sp³-hybridized carbons (Fsp3) is 0.474. The third-order valence-electron chi connectivity index (χ3n) is 4.93. The summed E-state index contributed by atoms with van der Waals surface area (Å²) in [5, 5.41) is 0. The maximum atomic E-state index is 12.8. The van der Waals surface area contributed by atoms with Gasteiger partial charge in [-0.05, 0) is 32.5 Å². The van der Waals surface area contributed by atoms with Crippen LogP contribution in [0.2, 0.25) is 0 Å². The Morgan fingerprint density at radius 1 is 1.37 bits per heavy atom. The quantitative estimate of drug-likeness (QED) is 0.841. The number of aryl methyl sites for hydroxylation is 1. The Balaban J connectivity index is 1.66. The van der Waals surface area contributed by atoms with Crippen LogP contribution in [0.25, 0.3) is 0 Å². The summed E-state index contributed by atoms with van der Waals surface area (Å²) in [7, 11) is 5.69. The lowest BCUT2D eigenvalue weighted by Crippen LogP contribution is -2.37. The van der Waals surface area contributed by atoms with Crippen molar-refractivity contribution in [3.8, 4) is 0 Å². The molecule has 1 N–H and O–H groups in total. The van der Waals surface area contributed by atoms with Crippen LogP contribution >= 0.6 is 0 Å². The largest absolute Gasteiger partial charge is 0.348 e. The lowest BCUT2D eigenvalue weighted by molar-refractivity contribution is 0.0778. The monoisotopic (exact) mass is 370 g/mol. The van der Waals surface area contributed by atoms with Gasteiger partial charge < -0.3 is 9.80 Å². The van der Waals surface area contributed by atoms with E-state index in [-0.39, 0.29) is 17.5 Å². The fourth-order valence-corrected chi connectivity index (χ4v) is 3.34. The molecule has 0 aliphatic carbocycles. The Labute approximate surface area is 158 Å². The highest BCUT2D eigenvalue weighted by Gasteiger charge is 2.30. The molecule has 1 saturated heterocycles. The predicted molar refractivity (Wildman–Crippen MR) is 104 cm³/mol. The fourth-order valence-electron chi connectivity index (χ4n) is 3.34. The molecule has 2 aromatic rings. The zero-order chi connectivity index (χ0) is 19.6. The van der Waals surface area contributed by atoms with E-state index in [1.807, 2.05) is 39.0 Å². The van der Waals surface area contributed by atoms with E-state index in [0.717, 1.165) is 17.8 Å². The number of hydrogen-bond donors (Lipinski definition) is 1. The molecule has 3 heterocycles. The Morgan fingerprint density at radius 2 is 2.15 bits per heavy atom. The van der Waals surface area contributed by atoms with Gasteiger partial charge in [0.2, 0.25) is 5.95 Å². The van der Waals surface area contributed by atoms with Gasteiger partial charge in [0.25, 0.3) is 11.5 Å². The van der Waals surface area contributed by atoms with Gasteiger partial charge in [0, 0.05) is 57.7 Å². The van der Waals surface area contributed by atoms with Crippen molar-refractivity contribution in [2.45, 2.75) is 25.9 Å². The smallest absolute Gasteiger partial charge is 0.255 e. The minimum absolute atomic E-state index is 0.0284. The number of nitrogens with one attached hydrogen (secondary N) is 1. The van der Waals surface area contributed by atoms with Crippen molar-refractivity contribution in [2.24, 2.45) is 0 Å². The molecule has 0 radical (unpaired) electrons. The number of carbonyl (C=O) groups excluding carboxylic acids is 1. The van der Waals surface area contributed by atoms with E-state index in [9.17, 15) is 9.59 Å². The lowest BCUT2D eigenvalue weighted by atomic mass is 10.2. The third kappa shape index (κ3) is 4.33. The molecular formula is C19H26N6O2. The number of aromatic nitrogens is 3. The standard InChI is InChI=1S/C19H26N6O2/c1-13-16(6-5-8-20-13)18(27)25-9-7-15(12-25)24(4)11-14-10-17(26)22-19(21-14)23(2)3/h5-6,8,10,15H,7,9,11-12H2,1-4H3,(H,21,22,26)/t15-/m0/s1. The molecule has 8 heteroatoms. The molecule has 1 amide bonds. The van der Waals surface area contributed by atoms with Crippen LogP contribution in [0.15, 0.2) is 29.2 Å². The number of aromatic amines is 1. The maximum absolute atomic E-state index is 12.8. The molecule has 2 aromatic heterocycles. The number of carbonyl (C=O) groups is 1. The van der Waals surface area contributed by atoms with Crippen LogP contribution in [-0.4, -0.2) is 70.9 Å².